The standard InChI is InChI=1S/C23H19ClN2O2/c1-15-11-21-18(13-19(15)24)17(12-22(27)28-21)14-26-23(16-7-3-2-4-8-16)20-9-5-6-10-25-20/h2-13,23,26H,14H2,1H3. The lowest BCUT2D eigenvalue weighted by atomic mass is 10.0. The summed E-state index contributed by atoms with van der Waals surface area (Å²) >= 11 is 6.30. The first-order valence-corrected chi connectivity index (χ1v) is 9.42. The Kier molecular flexibility index (Phi) is 5.24. The zero-order valence-corrected chi connectivity index (χ0v) is 16.1. The molecule has 0 bridgehead atoms. The minimum Gasteiger partial charge on any atom is -0.423 e. The lowest BCUT2D eigenvalue weighted by Crippen LogP contribution is -2.23. The van der Waals surface area contributed by atoms with Crippen molar-refractivity contribution < 1.29 is 4.42 Å². The highest BCUT2D eigenvalue weighted by Crippen LogP contribution is 2.26. The summed E-state index contributed by atoms with van der Waals surface area (Å²) in [6, 6.07) is 21.0. The fraction of sp³-hybridized carbons (Fsp3) is 0.130. The minimum absolute atomic E-state index is 0.106. The average molecular weight is 391 g/mol. The maximum atomic E-state index is 12.0. The van der Waals surface area contributed by atoms with Crippen molar-refractivity contribution in [1.29, 1.82) is 0 Å². The Morgan fingerprint density at radius 3 is 2.61 bits per heavy atom. The average Bonchev–Trinajstić information content (AvgIpc) is 2.71. The topological polar surface area (TPSA) is 55.1 Å². The third-order valence-corrected chi connectivity index (χ3v) is 5.13. The molecule has 5 heteroatoms. The maximum absolute atomic E-state index is 12.0. The second-order valence-corrected chi connectivity index (χ2v) is 7.07. The van der Waals surface area contributed by atoms with Crippen LogP contribution < -0.4 is 10.9 Å². The van der Waals surface area contributed by atoms with Crippen LogP contribution in [0.15, 0.2) is 82.1 Å². The molecular weight excluding hydrogens is 372 g/mol. The number of aryl methyl sites for hydroxylation is 1. The molecule has 0 saturated heterocycles. The van der Waals surface area contributed by atoms with Crippen molar-refractivity contribution >= 4 is 22.6 Å². The molecule has 1 atom stereocenters. The first-order valence-electron chi connectivity index (χ1n) is 9.04. The lowest BCUT2D eigenvalue weighted by Gasteiger charge is -2.19. The van der Waals surface area contributed by atoms with E-state index in [-0.39, 0.29) is 11.7 Å². The summed E-state index contributed by atoms with van der Waals surface area (Å²) in [6.07, 6.45) is 1.78. The molecule has 0 radical (unpaired) electrons. The zero-order valence-electron chi connectivity index (χ0n) is 15.4. The second-order valence-electron chi connectivity index (χ2n) is 6.67. The van der Waals surface area contributed by atoms with E-state index in [0.29, 0.717) is 17.2 Å². The molecule has 0 aliphatic carbocycles. The molecular formula is C23H19ClN2O2. The quantitative estimate of drug-likeness (QED) is 0.485. The fourth-order valence-corrected chi connectivity index (χ4v) is 3.46. The number of aromatic nitrogens is 1. The van der Waals surface area contributed by atoms with E-state index in [0.717, 1.165) is 27.8 Å². The van der Waals surface area contributed by atoms with Crippen LogP contribution in [0.4, 0.5) is 0 Å². The molecule has 28 heavy (non-hydrogen) atoms. The van der Waals surface area contributed by atoms with Crippen LogP contribution in [-0.2, 0) is 6.54 Å². The van der Waals surface area contributed by atoms with Crippen LogP contribution in [0.2, 0.25) is 5.02 Å². The number of benzene rings is 2. The molecule has 4 rings (SSSR count). The SMILES string of the molecule is Cc1cc2oc(=O)cc(CNC(c3ccccc3)c3ccccn3)c2cc1Cl. The van der Waals surface area contributed by atoms with Gasteiger partial charge in [0.2, 0.25) is 0 Å². The maximum Gasteiger partial charge on any atom is 0.336 e. The molecule has 0 spiro atoms. The van der Waals surface area contributed by atoms with Crippen LogP contribution in [0.1, 0.15) is 28.4 Å². The molecule has 2 aromatic carbocycles. The summed E-state index contributed by atoms with van der Waals surface area (Å²) in [5.41, 5.74) is 3.89. The highest BCUT2D eigenvalue weighted by atomic mass is 35.5. The normalized spacial score (nSPS) is 12.2. The largest absolute Gasteiger partial charge is 0.423 e. The minimum atomic E-state index is -0.375. The predicted octanol–water partition coefficient (Wildman–Crippen LogP) is 5.03. The first-order chi connectivity index (χ1) is 13.6. The summed E-state index contributed by atoms with van der Waals surface area (Å²) in [5, 5.41) is 5.01. The molecule has 0 saturated carbocycles. The molecule has 1 N–H and O–H groups in total. The predicted molar refractivity (Wildman–Crippen MR) is 112 cm³/mol. The van der Waals surface area contributed by atoms with Crippen LogP contribution in [0.25, 0.3) is 11.0 Å². The summed E-state index contributed by atoms with van der Waals surface area (Å²) in [4.78, 5) is 16.6. The molecule has 0 aliphatic rings. The van der Waals surface area contributed by atoms with Gasteiger partial charge in [0.05, 0.1) is 11.7 Å². The fourth-order valence-electron chi connectivity index (χ4n) is 3.29. The van der Waals surface area contributed by atoms with Gasteiger partial charge in [-0.2, -0.15) is 0 Å². The number of nitrogens with zero attached hydrogens (tertiary/aromatic N) is 1. The van der Waals surface area contributed by atoms with Gasteiger partial charge < -0.3 is 9.73 Å². The summed E-state index contributed by atoms with van der Waals surface area (Å²) in [5.74, 6) is 0. The summed E-state index contributed by atoms with van der Waals surface area (Å²) < 4.78 is 5.36. The Hall–Kier alpha value is -2.95. The zero-order chi connectivity index (χ0) is 19.5. The van der Waals surface area contributed by atoms with Crippen LogP contribution >= 0.6 is 11.6 Å². The summed E-state index contributed by atoms with van der Waals surface area (Å²) in [7, 11) is 0. The third kappa shape index (κ3) is 3.84. The van der Waals surface area contributed by atoms with Crippen molar-refractivity contribution in [2.45, 2.75) is 19.5 Å². The molecule has 0 fully saturated rings. The van der Waals surface area contributed by atoms with Gasteiger partial charge in [-0.3, -0.25) is 4.98 Å². The molecule has 0 amide bonds. The van der Waals surface area contributed by atoms with Crippen molar-refractivity contribution in [2.24, 2.45) is 0 Å². The Morgan fingerprint density at radius 1 is 1.07 bits per heavy atom. The van der Waals surface area contributed by atoms with Gasteiger partial charge in [0, 0.05) is 29.2 Å². The number of nitrogens with one attached hydrogen (secondary N) is 1. The smallest absolute Gasteiger partial charge is 0.336 e. The van der Waals surface area contributed by atoms with E-state index < -0.39 is 0 Å². The van der Waals surface area contributed by atoms with Crippen LogP contribution in [-0.4, -0.2) is 4.98 Å². The van der Waals surface area contributed by atoms with Crippen molar-refractivity contribution in [3.05, 3.63) is 111 Å². The van der Waals surface area contributed by atoms with Crippen molar-refractivity contribution in [2.75, 3.05) is 0 Å². The van der Waals surface area contributed by atoms with E-state index in [1.165, 1.54) is 6.07 Å². The molecule has 2 aromatic heterocycles. The van der Waals surface area contributed by atoms with Gasteiger partial charge in [-0.1, -0.05) is 48.0 Å². The van der Waals surface area contributed by atoms with Crippen molar-refractivity contribution in [3.63, 3.8) is 0 Å². The Balaban J connectivity index is 1.72. The molecule has 4 nitrogen and oxygen atoms in total. The number of hydrogen-bond acceptors (Lipinski definition) is 4. The molecule has 2 heterocycles. The number of rotatable bonds is 5. The Bertz CT molecular complexity index is 1120. The Morgan fingerprint density at radius 2 is 1.86 bits per heavy atom. The Labute approximate surface area is 167 Å². The molecule has 140 valence electrons. The highest BCUT2D eigenvalue weighted by molar-refractivity contribution is 6.32. The molecule has 4 aromatic rings. The first kappa shape index (κ1) is 18.4. The van der Waals surface area contributed by atoms with Crippen molar-refractivity contribution in [3.8, 4) is 0 Å². The lowest BCUT2D eigenvalue weighted by molar-refractivity contribution is 0.551. The number of hydrogen-bond donors (Lipinski definition) is 1. The third-order valence-electron chi connectivity index (χ3n) is 4.72. The summed E-state index contributed by atoms with van der Waals surface area (Å²) in [6.45, 7) is 2.36. The van der Waals surface area contributed by atoms with Gasteiger partial charge in [-0.25, -0.2) is 4.79 Å². The molecule has 1 unspecified atom stereocenters. The van der Waals surface area contributed by atoms with E-state index in [1.54, 1.807) is 12.3 Å². The van der Waals surface area contributed by atoms with E-state index in [1.807, 2.05) is 49.4 Å². The van der Waals surface area contributed by atoms with E-state index >= 15 is 0 Å². The van der Waals surface area contributed by atoms with Gasteiger partial charge in [0.15, 0.2) is 0 Å². The monoisotopic (exact) mass is 390 g/mol. The highest BCUT2D eigenvalue weighted by Gasteiger charge is 2.16. The van der Waals surface area contributed by atoms with Gasteiger partial charge in [0.1, 0.15) is 5.58 Å². The van der Waals surface area contributed by atoms with Gasteiger partial charge in [-0.05, 0) is 47.9 Å². The van der Waals surface area contributed by atoms with Crippen molar-refractivity contribution in [1.82, 2.24) is 10.3 Å². The van der Waals surface area contributed by atoms with Gasteiger partial charge in [0.25, 0.3) is 0 Å². The molecule has 0 aliphatic heterocycles. The van der Waals surface area contributed by atoms with E-state index in [2.05, 4.69) is 22.4 Å². The van der Waals surface area contributed by atoms with Gasteiger partial charge in [-0.15, -0.1) is 0 Å². The van der Waals surface area contributed by atoms with Crippen LogP contribution in [0.5, 0.6) is 0 Å². The number of fused-ring (bicyclic) bond motifs is 1. The second kappa shape index (κ2) is 7.97. The van der Waals surface area contributed by atoms with Crippen LogP contribution in [0.3, 0.4) is 0 Å². The van der Waals surface area contributed by atoms with E-state index in [9.17, 15) is 4.79 Å². The van der Waals surface area contributed by atoms with Crippen LogP contribution in [0, 0.1) is 6.92 Å². The van der Waals surface area contributed by atoms with Gasteiger partial charge >= 0.3 is 5.63 Å². The number of halogens is 1. The number of pyridine rings is 1. The van der Waals surface area contributed by atoms with E-state index in [4.69, 9.17) is 16.0 Å².